The van der Waals surface area contributed by atoms with E-state index in [1.807, 2.05) is 11.0 Å². The monoisotopic (exact) mass is 275 g/mol. The Hall–Kier alpha value is -1.62. The molecule has 2 aliphatic rings. The normalized spacial score (nSPS) is 21.9. The van der Waals surface area contributed by atoms with Gasteiger partial charge in [0, 0.05) is 30.8 Å². The number of nitrogen functional groups attached to an aromatic ring is 1. The molecule has 2 fully saturated rings. The first-order valence-electron chi connectivity index (χ1n) is 7.30. The summed E-state index contributed by atoms with van der Waals surface area (Å²) in [5.41, 5.74) is 7.03. The maximum absolute atomic E-state index is 12.5. The quantitative estimate of drug-likeness (QED) is 0.877. The van der Waals surface area contributed by atoms with Gasteiger partial charge in [0.25, 0.3) is 0 Å². The molecule has 0 aromatic carbocycles. The standard InChI is InChI=1S/C15H21N3O2/c16-12-1-2-13(17-8-12)7-15(19)18(14-3-4-14)9-11-5-6-20-10-11/h1-2,8,11,14H,3-7,9-10,16H2. The van der Waals surface area contributed by atoms with Crippen LogP contribution in [-0.4, -0.2) is 41.6 Å². The third-order valence-corrected chi connectivity index (χ3v) is 3.97. The van der Waals surface area contributed by atoms with Crippen LogP contribution in [0.5, 0.6) is 0 Å². The number of nitrogens with zero attached hydrogens (tertiary/aromatic N) is 2. The van der Waals surface area contributed by atoms with Crippen molar-refractivity contribution in [3.63, 3.8) is 0 Å². The second-order valence-electron chi connectivity index (χ2n) is 5.77. The number of anilines is 1. The van der Waals surface area contributed by atoms with Gasteiger partial charge in [-0.1, -0.05) is 0 Å². The van der Waals surface area contributed by atoms with Gasteiger partial charge >= 0.3 is 0 Å². The van der Waals surface area contributed by atoms with Crippen LogP contribution in [0.1, 0.15) is 25.0 Å². The van der Waals surface area contributed by atoms with Gasteiger partial charge < -0.3 is 15.4 Å². The van der Waals surface area contributed by atoms with Crippen molar-refractivity contribution < 1.29 is 9.53 Å². The number of nitrogens with two attached hydrogens (primary N) is 1. The summed E-state index contributed by atoms with van der Waals surface area (Å²) in [6, 6.07) is 4.07. The van der Waals surface area contributed by atoms with Gasteiger partial charge in [-0.3, -0.25) is 9.78 Å². The maximum Gasteiger partial charge on any atom is 0.228 e. The Morgan fingerprint density at radius 2 is 2.25 bits per heavy atom. The predicted octanol–water partition coefficient (Wildman–Crippen LogP) is 1.23. The number of hydrogen-bond donors (Lipinski definition) is 1. The number of amides is 1. The molecule has 1 unspecified atom stereocenters. The van der Waals surface area contributed by atoms with Crippen LogP contribution in [0.4, 0.5) is 5.69 Å². The molecule has 0 bridgehead atoms. The Morgan fingerprint density at radius 1 is 1.40 bits per heavy atom. The fraction of sp³-hybridized carbons (Fsp3) is 0.600. The summed E-state index contributed by atoms with van der Waals surface area (Å²) >= 11 is 0. The van der Waals surface area contributed by atoms with Gasteiger partial charge in [-0.15, -0.1) is 0 Å². The van der Waals surface area contributed by atoms with Crippen molar-refractivity contribution in [2.75, 3.05) is 25.5 Å². The summed E-state index contributed by atoms with van der Waals surface area (Å²) in [5.74, 6) is 0.676. The molecule has 1 atom stereocenters. The lowest BCUT2D eigenvalue weighted by Gasteiger charge is -2.25. The van der Waals surface area contributed by atoms with E-state index >= 15 is 0 Å². The Morgan fingerprint density at radius 3 is 2.85 bits per heavy atom. The molecular formula is C15H21N3O2. The van der Waals surface area contributed by atoms with Gasteiger partial charge in [-0.05, 0) is 31.4 Å². The van der Waals surface area contributed by atoms with E-state index in [4.69, 9.17) is 10.5 Å². The first kappa shape index (κ1) is 13.4. The molecule has 1 aliphatic carbocycles. The number of rotatable bonds is 5. The maximum atomic E-state index is 12.5. The van der Waals surface area contributed by atoms with E-state index in [0.29, 0.717) is 24.1 Å². The summed E-state index contributed by atoms with van der Waals surface area (Å²) in [6.45, 7) is 2.45. The molecule has 1 aromatic heterocycles. The lowest BCUT2D eigenvalue weighted by molar-refractivity contribution is -0.131. The molecule has 0 spiro atoms. The van der Waals surface area contributed by atoms with Crippen LogP contribution in [-0.2, 0) is 16.0 Å². The number of carbonyl (C=O) groups is 1. The van der Waals surface area contributed by atoms with Crippen molar-refractivity contribution in [2.45, 2.75) is 31.7 Å². The van der Waals surface area contributed by atoms with Crippen molar-refractivity contribution in [1.82, 2.24) is 9.88 Å². The van der Waals surface area contributed by atoms with Crippen LogP contribution in [0, 0.1) is 5.92 Å². The Balaban J connectivity index is 1.61. The SMILES string of the molecule is Nc1ccc(CC(=O)N(CC2CCOC2)C2CC2)nc1. The number of ether oxygens (including phenoxy) is 1. The average Bonchev–Trinajstić information content (AvgIpc) is 3.15. The van der Waals surface area contributed by atoms with Gasteiger partial charge in [-0.25, -0.2) is 0 Å². The first-order chi connectivity index (χ1) is 9.72. The Kier molecular flexibility index (Phi) is 3.87. The van der Waals surface area contributed by atoms with E-state index in [2.05, 4.69) is 4.98 Å². The molecular weight excluding hydrogens is 254 g/mol. The highest BCUT2D eigenvalue weighted by atomic mass is 16.5. The number of carbonyl (C=O) groups excluding carboxylic acids is 1. The van der Waals surface area contributed by atoms with E-state index in [0.717, 1.165) is 44.7 Å². The van der Waals surface area contributed by atoms with Crippen LogP contribution in [0.3, 0.4) is 0 Å². The smallest absolute Gasteiger partial charge is 0.228 e. The largest absolute Gasteiger partial charge is 0.397 e. The van der Waals surface area contributed by atoms with Crippen LogP contribution in [0.2, 0.25) is 0 Å². The molecule has 108 valence electrons. The van der Waals surface area contributed by atoms with Crippen LogP contribution < -0.4 is 5.73 Å². The van der Waals surface area contributed by atoms with Gasteiger partial charge in [0.2, 0.25) is 5.91 Å². The van der Waals surface area contributed by atoms with Crippen molar-refractivity contribution >= 4 is 11.6 Å². The van der Waals surface area contributed by atoms with Gasteiger partial charge in [0.1, 0.15) is 0 Å². The second kappa shape index (κ2) is 5.79. The van der Waals surface area contributed by atoms with Gasteiger partial charge in [0.15, 0.2) is 0 Å². The molecule has 2 N–H and O–H groups in total. The van der Waals surface area contributed by atoms with Crippen molar-refractivity contribution in [1.29, 1.82) is 0 Å². The number of pyridine rings is 1. The van der Waals surface area contributed by atoms with Crippen molar-refractivity contribution in [3.8, 4) is 0 Å². The summed E-state index contributed by atoms with van der Waals surface area (Å²) in [5, 5.41) is 0. The Labute approximate surface area is 119 Å². The van der Waals surface area contributed by atoms with Crippen LogP contribution in [0.15, 0.2) is 18.3 Å². The Bertz CT molecular complexity index is 465. The minimum Gasteiger partial charge on any atom is -0.397 e. The van der Waals surface area contributed by atoms with E-state index < -0.39 is 0 Å². The second-order valence-corrected chi connectivity index (χ2v) is 5.77. The zero-order valence-corrected chi connectivity index (χ0v) is 11.6. The molecule has 1 amide bonds. The highest BCUT2D eigenvalue weighted by Crippen LogP contribution is 2.29. The van der Waals surface area contributed by atoms with Crippen molar-refractivity contribution in [2.24, 2.45) is 5.92 Å². The predicted molar refractivity (Wildman–Crippen MR) is 76.0 cm³/mol. The summed E-state index contributed by atoms with van der Waals surface area (Å²) < 4.78 is 5.41. The molecule has 2 heterocycles. The minimum absolute atomic E-state index is 0.177. The van der Waals surface area contributed by atoms with Crippen LogP contribution >= 0.6 is 0 Å². The molecule has 1 saturated heterocycles. The van der Waals surface area contributed by atoms with Crippen molar-refractivity contribution in [3.05, 3.63) is 24.0 Å². The number of aromatic nitrogens is 1. The van der Waals surface area contributed by atoms with E-state index in [9.17, 15) is 4.79 Å². The first-order valence-corrected chi connectivity index (χ1v) is 7.30. The fourth-order valence-corrected chi connectivity index (χ4v) is 2.64. The van der Waals surface area contributed by atoms with E-state index in [-0.39, 0.29) is 5.91 Å². The van der Waals surface area contributed by atoms with E-state index in [1.165, 1.54) is 0 Å². The summed E-state index contributed by atoms with van der Waals surface area (Å²) in [6.07, 6.45) is 5.30. The van der Waals surface area contributed by atoms with Gasteiger partial charge in [0.05, 0.1) is 24.9 Å². The highest BCUT2D eigenvalue weighted by molar-refractivity contribution is 5.79. The lowest BCUT2D eigenvalue weighted by atomic mass is 10.1. The summed E-state index contributed by atoms with van der Waals surface area (Å²) in [7, 11) is 0. The van der Waals surface area contributed by atoms with Gasteiger partial charge in [-0.2, -0.15) is 0 Å². The topological polar surface area (TPSA) is 68.5 Å². The highest BCUT2D eigenvalue weighted by Gasteiger charge is 2.34. The summed E-state index contributed by atoms with van der Waals surface area (Å²) in [4.78, 5) is 18.7. The molecule has 1 aliphatic heterocycles. The number of hydrogen-bond acceptors (Lipinski definition) is 4. The molecule has 3 rings (SSSR count). The minimum atomic E-state index is 0.177. The fourth-order valence-electron chi connectivity index (χ4n) is 2.64. The third kappa shape index (κ3) is 3.28. The molecule has 1 aromatic rings. The zero-order valence-electron chi connectivity index (χ0n) is 11.6. The molecule has 20 heavy (non-hydrogen) atoms. The third-order valence-electron chi connectivity index (χ3n) is 3.97. The van der Waals surface area contributed by atoms with E-state index in [1.54, 1.807) is 12.3 Å². The zero-order chi connectivity index (χ0) is 13.9. The molecule has 0 radical (unpaired) electrons. The molecule has 5 heteroatoms. The average molecular weight is 275 g/mol. The molecule has 1 saturated carbocycles. The lowest BCUT2D eigenvalue weighted by Crippen LogP contribution is -2.38. The van der Waals surface area contributed by atoms with Crippen LogP contribution in [0.25, 0.3) is 0 Å². The molecule has 5 nitrogen and oxygen atoms in total.